The van der Waals surface area contributed by atoms with Crippen molar-refractivity contribution in [2.45, 2.75) is 32.9 Å². The summed E-state index contributed by atoms with van der Waals surface area (Å²) in [5.74, 6) is -0.523. The van der Waals surface area contributed by atoms with E-state index in [-0.39, 0.29) is 24.4 Å². The molecule has 2 N–H and O–H groups in total. The maximum absolute atomic E-state index is 11.7. The summed E-state index contributed by atoms with van der Waals surface area (Å²) in [5.41, 5.74) is 2.03. The summed E-state index contributed by atoms with van der Waals surface area (Å²) in [6, 6.07) is 5.65. The number of rotatable bonds is 5. The molecule has 1 unspecified atom stereocenters. The molecule has 0 bridgehead atoms. The second-order valence-corrected chi connectivity index (χ2v) is 6.03. The van der Waals surface area contributed by atoms with Crippen LogP contribution in [-0.2, 0) is 16.1 Å². The molecule has 1 aliphatic rings. The van der Waals surface area contributed by atoms with E-state index in [1.54, 1.807) is 6.92 Å². The molecular weight excluding hydrogens is 334 g/mol. The summed E-state index contributed by atoms with van der Waals surface area (Å²) in [4.78, 5) is 25.1. The number of carbonyl (C=O) groups excluding carboxylic acids is 2. The molecule has 2 amide bonds. The normalized spacial score (nSPS) is 18.8. The van der Waals surface area contributed by atoms with Crippen LogP contribution in [0.5, 0.6) is 0 Å². The SMILES string of the molecule is CCCNCc1ccc(N2CC(=O)NC(=O)C2C)c(Br)c1. The Morgan fingerprint density at radius 1 is 1.43 bits per heavy atom. The number of carbonyl (C=O) groups is 2. The second kappa shape index (κ2) is 7.04. The molecule has 5 nitrogen and oxygen atoms in total. The van der Waals surface area contributed by atoms with Crippen LogP contribution in [0.25, 0.3) is 0 Å². The quantitative estimate of drug-likeness (QED) is 0.625. The summed E-state index contributed by atoms with van der Waals surface area (Å²) < 4.78 is 0.896. The van der Waals surface area contributed by atoms with Gasteiger partial charge in [-0.25, -0.2) is 0 Å². The van der Waals surface area contributed by atoms with Crippen LogP contribution in [0.4, 0.5) is 5.69 Å². The van der Waals surface area contributed by atoms with Crippen LogP contribution in [0.2, 0.25) is 0 Å². The fraction of sp³-hybridized carbons (Fsp3) is 0.467. The van der Waals surface area contributed by atoms with E-state index in [2.05, 4.69) is 33.5 Å². The van der Waals surface area contributed by atoms with Gasteiger partial charge in [-0.3, -0.25) is 14.9 Å². The zero-order valence-corrected chi connectivity index (χ0v) is 13.9. The van der Waals surface area contributed by atoms with Crippen LogP contribution < -0.4 is 15.5 Å². The van der Waals surface area contributed by atoms with E-state index in [0.717, 1.165) is 29.7 Å². The average Bonchev–Trinajstić information content (AvgIpc) is 2.44. The molecule has 0 saturated carbocycles. The molecule has 114 valence electrons. The molecule has 0 aliphatic carbocycles. The van der Waals surface area contributed by atoms with E-state index < -0.39 is 0 Å². The monoisotopic (exact) mass is 353 g/mol. The molecule has 0 aromatic heterocycles. The lowest BCUT2D eigenvalue weighted by atomic mass is 10.1. The number of nitrogens with one attached hydrogen (secondary N) is 2. The van der Waals surface area contributed by atoms with Gasteiger partial charge in [-0.2, -0.15) is 0 Å². The van der Waals surface area contributed by atoms with Crippen molar-refractivity contribution in [1.82, 2.24) is 10.6 Å². The molecule has 1 aromatic rings. The Hall–Kier alpha value is -1.40. The highest BCUT2D eigenvalue weighted by atomic mass is 79.9. The molecule has 21 heavy (non-hydrogen) atoms. The Bertz CT molecular complexity index is 548. The van der Waals surface area contributed by atoms with Crippen LogP contribution in [0, 0.1) is 0 Å². The van der Waals surface area contributed by atoms with E-state index in [1.807, 2.05) is 23.1 Å². The number of nitrogens with zero attached hydrogens (tertiary/aromatic N) is 1. The van der Waals surface area contributed by atoms with Gasteiger partial charge in [-0.1, -0.05) is 13.0 Å². The van der Waals surface area contributed by atoms with Gasteiger partial charge in [0.1, 0.15) is 6.04 Å². The van der Waals surface area contributed by atoms with E-state index in [9.17, 15) is 9.59 Å². The predicted octanol–water partition coefficient (Wildman–Crippen LogP) is 1.80. The topological polar surface area (TPSA) is 61.4 Å². The Morgan fingerprint density at radius 3 is 2.86 bits per heavy atom. The molecule has 0 radical (unpaired) electrons. The van der Waals surface area contributed by atoms with Crippen molar-refractivity contribution in [3.8, 4) is 0 Å². The summed E-state index contributed by atoms with van der Waals surface area (Å²) in [7, 11) is 0. The predicted molar refractivity (Wildman–Crippen MR) is 86.1 cm³/mol. The molecule has 1 fully saturated rings. The third-order valence-electron chi connectivity index (χ3n) is 3.50. The van der Waals surface area contributed by atoms with Crippen molar-refractivity contribution in [2.24, 2.45) is 0 Å². The number of halogens is 1. The fourth-order valence-corrected chi connectivity index (χ4v) is 2.97. The largest absolute Gasteiger partial charge is 0.350 e. The second-order valence-electron chi connectivity index (χ2n) is 5.18. The maximum Gasteiger partial charge on any atom is 0.249 e. The number of amides is 2. The van der Waals surface area contributed by atoms with Crippen molar-refractivity contribution in [3.63, 3.8) is 0 Å². The van der Waals surface area contributed by atoms with Crippen molar-refractivity contribution in [1.29, 1.82) is 0 Å². The first kappa shape index (κ1) is 16.0. The van der Waals surface area contributed by atoms with Gasteiger partial charge >= 0.3 is 0 Å². The number of piperazine rings is 1. The van der Waals surface area contributed by atoms with Crippen molar-refractivity contribution >= 4 is 33.4 Å². The highest BCUT2D eigenvalue weighted by Gasteiger charge is 2.31. The number of imide groups is 1. The fourth-order valence-electron chi connectivity index (χ4n) is 2.31. The minimum absolute atomic E-state index is 0.193. The van der Waals surface area contributed by atoms with Crippen molar-refractivity contribution in [2.75, 3.05) is 18.0 Å². The summed E-state index contributed by atoms with van der Waals surface area (Å²) in [6.07, 6.45) is 1.10. The molecule has 0 spiro atoms. The number of hydrogen-bond acceptors (Lipinski definition) is 4. The number of benzene rings is 1. The Labute approximate surface area is 133 Å². The molecule has 1 atom stereocenters. The molecule has 1 saturated heterocycles. The lowest BCUT2D eigenvalue weighted by Gasteiger charge is -2.34. The third-order valence-corrected chi connectivity index (χ3v) is 4.14. The maximum atomic E-state index is 11.7. The Morgan fingerprint density at radius 2 is 2.19 bits per heavy atom. The van der Waals surface area contributed by atoms with Gasteiger partial charge in [-0.15, -0.1) is 0 Å². The van der Waals surface area contributed by atoms with Crippen LogP contribution in [0.1, 0.15) is 25.8 Å². The number of hydrogen-bond donors (Lipinski definition) is 2. The summed E-state index contributed by atoms with van der Waals surface area (Å²) in [6.45, 7) is 5.91. The van der Waals surface area contributed by atoms with Crippen molar-refractivity contribution in [3.05, 3.63) is 28.2 Å². The van der Waals surface area contributed by atoms with E-state index in [1.165, 1.54) is 5.56 Å². The minimum atomic E-state index is -0.358. The van der Waals surface area contributed by atoms with Gasteiger partial charge in [0.25, 0.3) is 0 Å². The Balaban J connectivity index is 2.16. The summed E-state index contributed by atoms with van der Waals surface area (Å²) >= 11 is 3.55. The van der Waals surface area contributed by atoms with E-state index in [4.69, 9.17) is 0 Å². The smallest absolute Gasteiger partial charge is 0.249 e. The van der Waals surface area contributed by atoms with Crippen LogP contribution in [0.3, 0.4) is 0 Å². The first-order valence-corrected chi connectivity index (χ1v) is 7.91. The molecule has 1 aliphatic heterocycles. The van der Waals surface area contributed by atoms with Crippen LogP contribution in [0.15, 0.2) is 22.7 Å². The molecular formula is C15H20BrN3O2. The van der Waals surface area contributed by atoms with Gasteiger partial charge < -0.3 is 10.2 Å². The molecule has 1 aromatic carbocycles. The van der Waals surface area contributed by atoms with Gasteiger partial charge in [0.15, 0.2) is 0 Å². The van der Waals surface area contributed by atoms with Crippen LogP contribution in [-0.4, -0.2) is 30.9 Å². The van der Waals surface area contributed by atoms with Gasteiger partial charge in [0.05, 0.1) is 12.2 Å². The average molecular weight is 354 g/mol. The zero-order chi connectivity index (χ0) is 15.4. The minimum Gasteiger partial charge on any atom is -0.350 e. The molecule has 6 heteroatoms. The van der Waals surface area contributed by atoms with Gasteiger partial charge in [0.2, 0.25) is 11.8 Å². The summed E-state index contributed by atoms with van der Waals surface area (Å²) in [5, 5.41) is 5.70. The molecule has 1 heterocycles. The first-order valence-electron chi connectivity index (χ1n) is 7.12. The third kappa shape index (κ3) is 3.83. The van der Waals surface area contributed by atoms with E-state index >= 15 is 0 Å². The Kier molecular flexibility index (Phi) is 5.36. The van der Waals surface area contributed by atoms with Crippen LogP contribution >= 0.6 is 15.9 Å². The lowest BCUT2D eigenvalue weighted by molar-refractivity contribution is -0.132. The van der Waals surface area contributed by atoms with Gasteiger partial charge in [0, 0.05) is 11.0 Å². The van der Waals surface area contributed by atoms with E-state index in [0.29, 0.717) is 0 Å². The zero-order valence-electron chi connectivity index (χ0n) is 12.3. The van der Waals surface area contributed by atoms with Crippen molar-refractivity contribution < 1.29 is 9.59 Å². The number of anilines is 1. The lowest BCUT2D eigenvalue weighted by Crippen LogP contribution is -2.57. The van der Waals surface area contributed by atoms with Gasteiger partial charge in [-0.05, 0) is 53.5 Å². The standard InChI is InChI=1S/C15H20BrN3O2/c1-3-6-17-8-11-4-5-13(12(16)7-11)19-9-14(20)18-15(21)10(19)2/h4-5,7,10,17H,3,6,8-9H2,1-2H3,(H,18,20,21). The molecule has 2 rings (SSSR count). The highest BCUT2D eigenvalue weighted by Crippen LogP contribution is 2.29. The first-order chi connectivity index (χ1) is 10.0. The highest BCUT2D eigenvalue weighted by molar-refractivity contribution is 9.10.